The highest BCUT2D eigenvalue weighted by atomic mass is 16.5. The van der Waals surface area contributed by atoms with Crippen molar-refractivity contribution in [2.75, 3.05) is 72.0 Å². The highest BCUT2D eigenvalue weighted by Gasteiger charge is 2.20. The first-order valence-corrected chi connectivity index (χ1v) is 16.6. The summed E-state index contributed by atoms with van der Waals surface area (Å²) in [6.45, 7) is 7.16. The van der Waals surface area contributed by atoms with Gasteiger partial charge in [0, 0.05) is 56.3 Å². The maximum absolute atomic E-state index is 13.7. The molecule has 3 aromatic carbocycles. The molecule has 0 spiro atoms. The summed E-state index contributed by atoms with van der Waals surface area (Å²) in [5.41, 5.74) is 9.63. The van der Waals surface area contributed by atoms with E-state index in [1.807, 2.05) is 78.6 Å². The van der Waals surface area contributed by atoms with Crippen molar-refractivity contribution in [1.82, 2.24) is 9.80 Å². The zero-order chi connectivity index (χ0) is 33.6. The van der Waals surface area contributed by atoms with Crippen LogP contribution in [0.5, 0.6) is 17.2 Å². The predicted molar refractivity (Wildman–Crippen MR) is 189 cm³/mol. The van der Waals surface area contributed by atoms with Crippen molar-refractivity contribution in [3.05, 3.63) is 82.9 Å². The lowest BCUT2D eigenvalue weighted by Gasteiger charge is -2.32. The second-order valence-corrected chi connectivity index (χ2v) is 12.0. The van der Waals surface area contributed by atoms with Gasteiger partial charge in [0.15, 0.2) is 0 Å². The van der Waals surface area contributed by atoms with Crippen LogP contribution in [0.4, 0.5) is 5.69 Å². The highest BCUT2D eigenvalue weighted by molar-refractivity contribution is 6.07. The zero-order valence-corrected chi connectivity index (χ0v) is 28.4. The Morgan fingerprint density at radius 2 is 1.53 bits per heavy atom. The van der Waals surface area contributed by atoms with Gasteiger partial charge in [-0.2, -0.15) is 0 Å². The van der Waals surface area contributed by atoms with Gasteiger partial charge in [-0.1, -0.05) is 42.5 Å². The van der Waals surface area contributed by atoms with Crippen LogP contribution in [0.25, 0.3) is 12.2 Å². The Morgan fingerprint density at radius 1 is 0.830 bits per heavy atom. The lowest BCUT2D eigenvalue weighted by atomic mass is 10.1. The Kier molecular flexibility index (Phi) is 13.7. The number of nitrogens with two attached hydrogens (primary N) is 1. The molecule has 9 heteroatoms. The van der Waals surface area contributed by atoms with Gasteiger partial charge in [-0.15, -0.1) is 0 Å². The number of para-hydroxylation sites is 1. The first-order valence-electron chi connectivity index (χ1n) is 16.6. The molecule has 4 rings (SSSR count). The second-order valence-electron chi connectivity index (χ2n) is 12.0. The number of nitrogens with zero attached hydrogens (tertiary/aromatic N) is 3. The molecule has 2 N–H and O–H groups in total. The average molecular weight is 643 g/mol. The number of hydrogen-bond acceptors (Lipinski definition) is 7. The molecule has 1 fully saturated rings. The van der Waals surface area contributed by atoms with E-state index >= 15 is 0 Å². The van der Waals surface area contributed by atoms with Crippen molar-refractivity contribution in [3.63, 3.8) is 0 Å². The summed E-state index contributed by atoms with van der Waals surface area (Å²) in [6, 6.07) is 19.1. The van der Waals surface area contributed by atoms with Gasteiger partial charge in [0.1, 0.15) is 17.2 Å². The van der Waals surface area contributed by atoms with Crippen molar-refractivity contribution >= 4 is 29.7 Å². The fourth-order valence-electron chi connectivity index (χ4n) is 5.44. The van der Waals surface area contributed by atoms with Crippen LogP contribution in [0.3, 0.4) is 0 Å². The fraction of sp³-hybridized carbons (Fsp3) is 0.421. The number of carbonyl (C=O) groups is 2. The van der Waals surface area contributed by atoms with Gasteiger partial charge in [-0.05, 0) is 82.1 Å². The van der Waals surface area contributed by atoms with E-state index in [0.717, 1.165) is 74.3 Å². The normalized spacial score (nSPS) is 13.5. The average Bonchev–Trinajstić information content (AvgIpc) is 3.09. The van der Waals surface area contributed by atoms with Crippen molar-refractivity contribution in [3.8, 4) is 17.2 Å². The van der Waals surface area contributed by atoms with E-state index in [1.54, 1.807) is 25.1 Å². The number of unbranched alkanes of at least 4 members (excludes halogenated alkanes) is 2. The van der Waals surface area contributed by atoms with E-state index in [0.29, 0.717) is 48.9 Å². The second kappa shape index (κ2) is 18.1. The van der Waals surface area contributed by atoms with Gasteiger partial charge in [0.05, 0.1) is 26.0 Å². The molecule has 0 saturated carbocycles. The van der Waals surface area contributed by atoms with Gasteiger partial charge in [0.25, 0.3) is 5.91 Å². The summed E-state index contributed by atoms with van der Waals surface area (Å²) in [5.74, 6) is 2.11. The van der Waals surface area contributed by atoms with Crippen LogP contribution in [0.2, 0.25) is 0 Å². The van der Waals surface area contributed by atoms with Crippen LogP contribution in [-0.4, -0.2) is 88.8 Å². The number of anilines is 1. The predicted octanol–water partition coefficient (Wildman–Crippen LogP) is 5.89. The van der Waals surface area contributed by atoms with Crippen LogP contribution < -0.4 is 24.8 Å². The number of amides is 2. The van der Waals surface area contributed by atoms with Crippen LogP contribution in [0.1, 0.15) is 59.2 Å². The molecule has 9 nitrogen and oxygen atoms in total. The molecule has 1 aliphatic rings. The SMILES string of the molecule is COc1cc(C(=O)N(C)c2ccc(C)cc2OCCCCCC(=O)N2CCN(C)CC2)ccc1C=Cc1ccccc1OCCCN. The largest absolute Gasteiger partial charge is 0.496 e. The Morgan fingerprint density at radius 3 is 2.28 bits per heavy atom. The monoisotopic (exact) mass is 642 g/mol. The number of methoxy groups -OCH3 is 1. The lowest BCUT2D eigenvalue weighted by molar-refractivity contribution is -0.132. The third-order valence-electron chi connectivity index (χ3n) is 8.38. The summed E-state index contributed by atoms with van der Waals surface area (Å²) in [7, 11) is 5.45. The smallest absolute Gasteiger partial charge is 0.258 e. The van der Waals surface area contributed by atoms with Gasteiger partial charge in [-0.25, -0.2) is 0 Å². The third-order valence-corrected chi connectivity index (χ3v) is 8.38. The Balaban J connectivity index is 1.35. The van der Waals surface area contributed by atoms with Crippen LogP contribution >= 0.6 is 0 Å². The molecule has 2 amide bonds. The van der Waals surface area contributed by atoms with Gasteiger partial charge in [-0.3, -0.25) is 9.59 Å². The highest BCUT2D eigenvalue weighted by Crippen LogP contribution is 2.32. The molecule has 1 saturated heterocycles. The number of carbonyl (C=O) groups excluding carboxylic acids is 2. The minimum Gasteiger partial charge on any atom is -0.496 e. The van der Waals surface area contributed by atoms with Gasteiger partial charge in [0.2, 0.25) is 5.91 Å². The summed E-state index contributed by atoms with van der Waals surface area (Å²) in [4.78, 5) is 32.0. The molecule has 3 aromatic rings. The zero-order valence-electron chi connectivity index (χ0n) is 28.4. The Labute approximate surface area is 279 Å². The minimum atomic E-state index is -0.173. The van der Waals surface area contributed by atoms with Gasteiger partial charge >= 0.3 is 0 Å². The maximum Gasteiger partial charge on any atom is 0.258 e. The number of benzene rings is 3. The number of likely N-dealkylation sites (N-methyl/N-ethyl adjacent to an activating group) is 1. The molecule has 0 aromatic heterocycles. The van der Waals surface area contributed by atoms with E-state index in [1.165, 1.54) is 0 Å². The Bertz CT molecular complexity index is 1500. The first-order chi connectivity index (χ1) is 22.8. The van der Waals surface area contributed by atoms with Crippen molar-refractivity contribution in [2.45, 2.75) is 39.0 Å². The molecular formula is C38H50N4O5. The number of rotatable bonds is 16. The summed E-state index contributed by atoms with van der Waals surface area (Å²) < 4.78 is 17.8. The minimum absolute atomic E-state index is 0.173. The summed E-state index contributed by atoms with van der Waals surface area (Å²) in [5, 5.41) is 0. The van der Waals surface area contributed by atoms with E-state index in [4.69, 9.17) is 19.9 Å². The molecule has 0 radical (unpaired) electrons. The van der Waals surface area contributed by atoms with Crippen LogP contribution in [-0.2, 0) is 4.79 Å². The molecule has 47 heavy (non-hydrogen) atoms. The summed E-state index contributed by atoms with van der Waals surface area (Å²) >= 11 is 0. The number of aryl methyl sites for hydroxylation is 1. The fourth-order valence-corrected chi connectivity index (χ4v) is 5.44. The number of piperazine rings is 1. The van der Waals surface area contributed by atoms with Crippen LogP contribution in [0.15, 0.2) is 60.7 Å². The molecule has 0 bridgehead atoms. The van der Waals surface area contributed by atoms with Crippen LogP contribution in [0, 0.1) is 6.92 Å². The molecule has 0 atom stereocenters. The quantitative estimate of drug-likeness (QED) is 0.154. The maximum atomic E-state index is 13.7. The molecule has 252 valence electrons. The van der Waals surface area contributed by atoms with Crippen molar-refractivity contribution < 1.29 is 23.8 Å². The molecule has 0 aliphatic carbocycles. The molecular weight excluding hydrogens is 592 g/mol. The Hall–Kier alpha value is -4.34. The molecule has 0 unspecified atom stereocenters. The number of hydrogen-bond donors (Lipinski definition) is 1. The summed E-state index contributed by atoms with van der Waals surface area (Å²) in [6.07, 6.45) is 7.87. The van der Waals surface area contributed by atoms with E-state index < -0.39 is 0 Å². The number of ether oxygens (including phenoxy) is 3. The third kappa shape index (κ3) is 10.3. The van der Waals surface area contributed by atoms with E-state index in [-0.39, 0.29) is 11.8 Å². The first kappa shape index (κ1) is 35.5. The van der Waals surface area contributed by atoms with E-state index in [2.05, 4.69) is 11.9 Å². The van der Waals surface area contributed by atoms with E-state index in [9.17, 15) is 9.59 Å². The van der Waals surface area contributed by atoms with Gasteiger partial charge < -0.3 is 34.6 Å². The molecule has 1 aliphatic heterocycles. The van der Waals surface area contributed by atoms with Crippen molar-refractivity contribution in [1.29, 1.82) is 0 Å². The topological polar surface area (TPSA) is 97.6 Å². The van der Waals surface area contributed by atoms with Crippen molar-refractivity contribution in [2.24, 2.45) is 5.73 Å². The lowest BCUT2D eigenvalue weighted by Crippen LogP contribution is -2.47. The standard InChI is InChI=1S/C38H50N4O5/c1-29-14-19-33(36(27-29)47-25-9-5-6-13-37(43)42-23-21-40(2)22-24-42)41(3)38(44)32-18-17-31(35(28-32)45-4)16-15-30-11-7-8-12-34(30)46-26-10-20-39/h7-8,11-12,14-19,27-28H,5-6,9-10,13,20-26,39H2,1-4H3. The molecule has 1 heterocycles.